The number of amidine groups is 1. The molecule has 3 N–H and O–H groups in total. The Kier molecular flexibility index (Phi) is 6.87. The number of benzene rings is 3. The van der Waals surface area contributed by atoms with Gasteiger partial charge in [-0.05, 0) is 59.2 Å². The number of carbonyl (C=O) groups is 1. The molecule has 5 nitrogen and oxygen atoms in total. The molecule has 0 fully saturated rings. The first-order valence-electron chi connectivity index (χ1n) is 10.1. The monoisotopic (exact) mass is 447 g/mol. The third kappa shape index (κ3) is 5.98. The molecule has 0 saturated carbocycles. The van der Waals surface area contributed by atoms with Crippen LogP contribution in [0.5, 0.6) is 5.75 Å². The zero-order chi connectivity index (χ0) is 22.3. The summed E-state index contributed by atoms with van der Waals surface area (Å²) >= 11 is 1.52. The van der Waals surface area contributed by atoms with E-state index in [1.165, 1.54) is 30.0 Å². The SMILES string of the molecule is Nc1ccc(C2CSC(NC(=O)/C=C/c3ccc(OCc4cccc(F)c4)cc3)=N2)cc1. The summed E-state index contributed by atoms with van der Waals surface area (Å²) < 4.78 is 18.9. The molecule has 3 aromatic carbocycles. The number of amides is 1. The summed E-state index contributed by atoms with van der Waals surface area (Å²) in [5, 5.41) is 3.44. The van der Waals surface area contributed by atoms with Crippen LogP contribution in [0.2, 0.25) is 0 Å². The van der Waals surface area contributed by atoms with Crippen molar-refractivity contribution in [2.24, 2.45) is 4.99 Å². The van der Waals surface area contributed by atoms with Gasteiger partial charge in [-0.3, -0.25) is 9.79 Å². The van der Waals surface area contributed by atoms with Gasteiger partial charge in [0.1, 0.15) is 18.2 Å². The molecule has 1 unspecified atom stereocenters. The third-order valence-electron chi connectivity index (χ3n) is 4.80. The first kappa shape index (κ1) is 21.6. The average molecular weight is 448 g/mol. The number of nitrogens with two attached hydrogens (primary N) is 1. The molecule has 3 aromatic rings. The number of anilines is 1. The molecule has 4 rings (SSSR count). The molecule has 1 aliphatic rings. The minimum absolute atomic E-state index is 0.0137. The number of nitrogens with zero attached hydrogens (tertiary/aromatic N) is 1. The van der Waals surface area contributed by atoms with Gasteiger partial charge >= 0.3 is 0 Å². The van der Waals surface area contributed by atoms with Gasteiger partial charge in [-0.15, -0.1) is 0 Å². The molecular weight excluding hydrogens is 425 g/mol. The Labute approximate surface area is 190 Å². The van der Waals surface area contributed by atoms with E-state index in [9.17, 15) is 9.18 Å². The molecule has 32 heavy (non-hydrogen) atoms. The van der Waals surface area contributed by atoms with Crippen LogP contribution in [0.3, 0.4) is 0 Å². The number of hydrogen-bond acceptors (Lipinski definition) is 5. The minimum Gasteiger partial charge on any atom is -0.489 e. The predicted molar refractivity (Wildman–Crippen MR) is 128 cm³/mol. The zero-order valence-electron chi connectivity index (χ0n) is 17.2. The predicted octanol–water partition coefficient (Wildman–Crippen LogP) is 4.96. The number of aliphatic imine (C=N–C) groups is 1. The van der Waals surface area contributed by atoms with E-state index in [-0.39, 0.29) is 24.4 Å². The maximum Gasteiger partial charge on any atom is 0.249 e. The van der Waals surface area contributed by atoms with Crippen LogP contribution < -0.4 is 15.8 Å². The maximum absolute atomic E-state index is 13.2. The number of nitrogen functional groups attached to an aromatic ring is 1. The van der Waals surface area contributed by atoms with Crippen LogP contribution in [-0.2, 0) is 11.4 Å². The van der Waals surface area contributed by atoms with Crippen molar-refractivity contribution in [1.29, 1.82) is 0 Å². The number of halogens is 1. The van der Waals surface area contributed by atoms with E-state index in [0.29, 0.717) is 16.6 Å². The highest BCUT2D eigenvalue weighted by atomic mass is 32.2. The zero-order valence-corrected chi connectivity index (χ0v) is 18.0. The third-order valence-corrected chi connectivity index (χ3v) is 5.77. The van der Waals surface area contributed by atoms with Crippen molar-refractivity contribution in [3.8, 4) is 5.75 Å². The Morgan fingerprint density at radius 3 is 2.69 bits per heavy atom. The first-order valence-corrected chi connectivity index (χ1v) is 11.1. The van der Waals surface area contributed by atoms with Crippen molar-refractivity contribution < 1.29 is 13.9 Å². The molecule has 1 atom stereocenters. The van der Waals surface area contributed by atoms with Crippen LogP contribution in [0.25, 0.3) is 6.08 Å². The molecule has 0 aromatic heterocycles. The lowest BCUT2D eigenvalue weighted by molar-refractivity contribution is -0.115. The Bertz CT molecular complexity index is 1140. The summed E-state index contributed by atoms with van der Waals surface area (Å²) in [5.41, 5.74) is 9.14. The molecule has 1 amide bonds. The maximum atomic E-state index is 13.2. The molecule has 0 saturated heterocycles. The topological polar surface area (TPSA) is 76.7 Å². The van der Waals surface area contributed by atoms with E-state index in [1.807, 2.05) is 54.6 Å². The lowest BCUT2D eigenvalue weighted by Gasteiger charge is -2.06. The van der Waals surface area contributed by atoms with Crippen molar-refractivity contribution in [1.82, 2.24) is 5.32 Å². The van der Waals surface area contributed by atoms with E-state index in [2.05, 4.69) is 10.3 Å². The Hall–Kier alpha value is -3.58. The summed E-state index contributed by atoms with van der Waals surface area (Å²) in [4.78, 5) is 16.8. The molecule has 7 heteroatoms. The number of carbonyl (C=O) groups excluding carboxylic acids is 1. The number of hydrogen-bond donors (Lipinski definition) is 2. The second kappa shape index (κ2) is 10.2. The lowest BCUT2D eigenvalue weighted by atomic mass is 10.1. The number of nitrogens with one attached hydrogen (secondary N) is 1. The summed E-state index contributed by atoms with van der Waals surface area (Å²) in [7, 11) is 0. The first-order chi connectivity index (χ1) is 15.5. The van der Waals surface area contributed by atoms with Crippen molar-refractivity contribution in [3.05, 3.63) is 101 Å². The number of rotatable bonds is 6. The molecular formula is C25H22FN3O2S. The Morgan fingerprint density at radius 1 is 1.16 bits per heavy atom. The molecule has 0 bridgehead atoms. The molecule has 1 aliphatic heterocycles. The van der Waals surface area contributed by atoms with Crippen molar-refractivity contribution >= 4 is 34.6 Å². The smallest absolute Gasteiger partial charge is 0.249 e. The molecule has 0 aliphatic carbocycles. The molecule has 1 heterocycles. The van der Waals surface area contributed by atoms with Crippen LogP contribution in [-0.4, -0.2) is 16.8 Å². The summed E-state index contributed by atoms with van der Waals surface area (Å²) in [6.07, 6.45) is 3.20. The van der Waals surface area contributed by atoms with Crippen molar-refractivity contribution in [3.63, 3.8) is 0 Å². The van der Waals surface area contributed by atoms with Gasteiger partial charge in [-0.2, -0.15) is 0 Å². The molecule has 162 valence electrons. The van der Waals surface area contributed by atoms with Gasteiger partial charge in [0.2, 0.25) is 5.91 Å². The quantitative estimate of drug-likeness (QED) is 0.414. The number of ether oxygens (including phenoxy) is 1. The van der Waals surface area contributed by atoms with E-state index >= 15 is 0 Å². The fourth-order valence-corrected chi connectivity index (χ4v) is 4.08. The standard InChI is InChI=1S/C25H22FN3O2S/c26-20-3-1-2-18(14-20)15-31-22-11-4-17(5-12-22)6-13-24(30)29-25-28-23(16-32-25)19-7-9-21(27)10-8-19/h1-14,23H,15-16,27H2,(H,28,29,30)/b13-6+. The highest BCUT2D eigenvalue weighted by Crippen LogP contribution is 2.29. The van der Waals surface area contributed by atoms with Crippen LogP contribution in [0.15, 0.2) is 83.9 Å². The second-order valence-electron chi connectivity index (χ2n) is 7.24. The highest BCUT2D eigenvalue weighted by molar-refractivity contribution is 8.14. The largest absolute Gasteiger partial charge is 0.489 e. The van der Waals surface area contributed by atoms with Crippen molar-refractivity contribution in [2.45, 2.75) is 12.6 Å². The second-order valence-corrected chi connectivity index (χ2v) is 8.25. The normalized spacial score (nSPS) is 15.5. The van der Waals surface area contributed by atoms with Gasteiger partial charge in [-0.1, -0.05) is 48.2 Å². The van der Waals surface area contributed by atoms with Crippen LogP contribution >= 0.6 is 11.8 Å². The van der Waals surface area contributed by atoms with Crippen LogP contribution in [0.4, 0.5) is 10.1 Å². The van der Waals surface area contributed by atoms with Gasteiger partial charge in [0.15, 0.2) is 5.17 Å². The van der Waals surface area contributed by atoms with Crippen molar-refractivity contribution in [2.75, 3.05) is 11.5 Å². The van der Waals surface area contributed by atoms with E-state index in [0.717, 1.165) is 22.4 Å². The number of thioether (sulfide) groups is 1. The van der Waals surface area contributed by atoms with Gasteiger partial charge in [-0.25, -0.2) is 4.39 Å². The van der Waals surface area contributed by atoms with Gasteiger partial charge in [0.05, 0.1) is 6.04 Å². The minimum atomic E-state index is -0.285. The van der Waals surface area contributed by atoms with Crippen LogP contribution in [0.1, 0.15) is 22.7 Å². The highest BCUT2D eigenvalue weighted by Gasteiger charge is 2.20. The van der Waals surface area contributed by atoms with E-state index in [4.69, 9.17) is 10.5 Å². The van der Waals surface area contributed by atoms with E-state index < -0.39 is 0 Å². The van der Waals surface area contributed by atoms with Crippen LogP contribution in [0, 0.1) is 5.82 Å². The fourth-order valence-electron chi connectivity index (χ4n) is 3.12. The Balaban J connectivity index is 1.28. The average Bonchev–Trinajstić information content (AvgIpc) is 3.26. The van der Waals surface area contributed by atoms with Gasteiger partial charge in [0, 0.05) is 17.5 Å². The summed E-state index contributed by atoms with van der Waals surface area (Å²) in [5.74, 6) is 0.926. The Morgan fingerprint density at radius 2 is 1.94 bits per heavy atom. The molecule has 0 radical (unpaired) electrons. The summed E-state index contributed by atoms with van der Waals surface area (Å²) in [6.45, 7) is 0.284. The summed E-state index contributed by atoms with van der Waals surface area (Å²) in [6, 6.07) is 21.3. The molecule has 0 spiro atoms. The van der Waals surface area contributed by atoms with E-state index in [1.54, 1.807) is 12.1 Å². The fraction of sp³-hybridized carbons (Fsp3) is 0.120. The lowest BCUT2D eigenvalue weighted by Crippen LogP contribution is -2.25. The van der Waals surface area contributed by atoms with Gasteiger partial charge < -0.3 is 15.8 Å². The van der Waals surface area contributed by atoms with Gasteiger partial charge in [0.25, 0.3) is 0 Å².